The van der Waals surface area contributed by atoms with Gasteiger partial charge in [0.25, 0.3) is 0 Å². The molecule has 0 spiro atoms. The van der Waals surface area contributed by atoms with Crippen LogP contribution in [0.15, 0.2) is 29.9 Å². The van der Waals surface area contributed by atoms with Crippen LogP contribution in [0.4, 0.5) is 0 Å². The van der Waals surface area contributed by atoms with Crippen molar-refractivity contribution in [2.45, 2.75) is 145 Å². The summed E-state index contributed by atoms with van der Waals surface area (Å²) in [6, 6.07) is 2.91. The Morgan fingerprint density at radius 2 is 1.52 bits per heavy atom. The number of allylic oxidation sites excluding steroid dienone is 1. The van der Waals surface area contributed by atoms with E-state index in [2.05, 4.69) is 13.0 Å². The largest absolute Gasteiger partial charge is 0.502 e. The SMILES string of the molecule is COc1cc(/C=C\C(=O)OC[C@H]2O[C@@H](O[C@H]3[C@H](OC4CCC5(C)C(=CCC6C5CCC5(C)C(C(C)=O)CC(O)C65O)C4)O[C@H](CO)[C@@H](O)[C@H]3O)[C@H](O)[C@H](O)[C@@H]2O)cc(OC)c1O. The number of hydrogen-bond acceptors (Lipinski definition) is 18. The summed E-state index contributed by atoms with van der Waals surface area (Å²) in [6.45, 7) is 4.35. The summed E-state index contributed by atoms with van der Waals surface area (Å²) in [4.78, 5) is 25.4. The lowest BCUT2D eigenvalue weighted by molar-refractivity contribution is -0.372. The number of aliphatic hydroxyl groups is 8. The normalized spacial score (nSPS) is 44.1. The number of Topliss-reactive ketones (excluding diaryl/α,β-unsaturated/α-hetero) is 1. The van der Waals surface area contributed by atoms with Gasteiger partial charge in [-0.1, -0.05) is 25.5 Å². The Balaban J connectivity index is 1.03. The van der Waals surface area contributed by atoms with Crippen molar-refractivity contribution in [2.24, 2.45) is 28.6 Å². The third-order valence-corrected chi connectivity index (χ3v) is 15.2. The zero-order chi connectivity index (χ0) is 45.1. The van der Waals surface area contributed by atoms with Crippen LogP contribution in [-0.4, -0.2) is 164 Å². The van der Waals surface area contributed by atoms with Crippen molar-refractivity contribution >= 4 is 17.8 Å². The van der Waals surface area contributed by atoms with Crippen molar-refractivity contribution in [3.8, 4) is 17.2 Å². The number of ether oxygens (including phenoxy) is 7. The minimum absolute atomic E-state index is 0.0231. The van der Waals surface area contributed by atoms with Gasteiger partial charge in [-0.25, -0.2) is 4.79 Å². The van der Waals surface area contributed by atoms with E-state index >= 15 is 0 Å². The molecular weight excluding hydrogens is 816 g/mol. The number of methoxy groups -OCH3 is 2. The second-order valence-electron chi connectivity index (χ2n) is 18.4. The molecule has 0 aromatic heterocycles. The molecule has 9 N–H and O–H groups in total. The fourth-order valence-corrected chi connectivity index (χ4v) is 11.6. The molecule has 346 valence electrons. The molecule has 2 heterocycles. The molecule has 8 unspecified atom stereocenters. The Morgan fingerprint density at radius 1 is 0.855 bits per heavy atom. The van der Waals surface area contributed by atoms with Crippen LogP contribution in [-0.2, 0) is 33.3 Å². The van der Waals surface area contributed by atoms with E-state index in [0.717, 1.165) is 18.1 Å². The van der Waals surface area contributed by atoms with Crippen molar-refractivity contribution in [3.63, 3.8) is 0 Å². The summed E-state index contributed by atoms with van der Waals surface area (Å²) in [6.07, 6.45) is -9.69. The Labute approximate surface area is 359 Å². The third-order valence-electron chi connectivity index (χ3n) is 15.2. The lowest BCUT2D eigenvalue weighted by atomic mass is 9.45. The lowest BCUT2D eigenvalue weighted by Gasteiger charge is -2.61. The smallest absolute Gasteiger partial charge is 0.330 e. The minimum Gasteiger partial charge on any atom is -0.502 e. The maximum atomic E-state index is 12.7. The van der Waals surface area contributed by atoms with E-state index in [9.17, 15) is 55.5 Å². The average Bonchev–Trinajstić information content (AvgIpc) is 3.47. The van der Waals surface area contributed by atoms with Crippen molar-refractivity contribution < 1.29 is 88.7 Å². The van der Waals surface area contributed by atoms with Crippen LogP contribution in [0.25, 0.3) is 6.08 Å². The second kappa shape index (κ2) is 18.0. The molecule has 0 amide bonds. The molecule has 1 aromatic carbocycles. The van der Waals surface area contributed by atoms with E-state index in [1.165, 1.54) is 39.4 Å². The highest BCUT2D eigenvalue weighted by molar-refractivity contribution is 5.87. The number of rotatable bonds is 12. The fourth-order valence-electron chi connectivity index (χ4n) is 11.6. The number of fused-ring (bicyclic) bond motifs is 5. The summed E-state index contributed by atoms with van der Waals surface area (Å²) >= 11 is 0. The van der Waals surface area contributed by atoms with Crippen LogP contribution in [0.3, 0.4) is 0 Å². The van der Waals surface area contributed by atoms with Gasteiger partial charge in [-0.2, -0.15) is 0 Å². The molecule has 5 fully saturated rings. The number of carbonyl (C=O) groups excluding carboxylic acids is 2. The van der Waals surface area contributed by atoms with Gasteiger partial charge in [-0.3, -0.25) is 4.79 Å². The van der Waals surface area contributed by atoms with E-state index in [-0.39, 0.29) is 46.7 Å². The first-order valence-corrected chi connectivity index (χ1v) is 21.4. The van der Waals surface area contributed by atoms with Gasteiger partial charge in [0.05, 0.1) is 38.6 Å². The molecule has 62 heavy (non-hydrogen) atoms. The first kappa shape index (κ1) is 46.7. The molecule has 4 aliphatic carbocycles. The maximum Gasteiger partial charge on any atom is 0.330 e. The number of ketones is 1. The topological polar surface area (TPSA) is 281 Å². The van der Waals surface area contributed by atoms with Gasteiger partial charge in [-0.05, 0) is 92.9 Å². The number of hydrogen-bond donors (Lipinski definition) is 9. The highest BCUT2D eigenvalue weighted by Crippen LogP contribution is 2.68. The molecular formula is C44H62O18. The Hall–Kier alpha value is -3.24. The van der Waals surface area contributed by atoms with Crippen LogP contribution < -0.4 is 9.47 Å². The van der Waals surface area contributed by atoms with Gasteiger partial charge in [0, 0.05) is 17.4 Å². The van der Waals surface area contributed by atoms with Crippen molar-refractivity contribution in [2.75, 3.05) is 27.4 Å². The molecule has 7 rings (SSSR count). The molecule has 6 aliphatic rings. The summed E-state index contributed by atoms with van der Waals surface area (Å²) in [7, 11) is 2.70. The van der Waals surface area contributed by atoms with Crippen LogP contribution in [0.2, 0.25) is 0 Å². The van der Waals surface area contributed by atoms with Crippen molar-refractivity contribution in [1.82, 2.24) is 0 Å². The van der Waals surface area contributed by atoms with Gasteiger partial charge >= 0.3 is 5.97 Å². The van der Waals surface area contributed by atoms with Crippen LogP contribution in [0.5, 0.6) is 17.2 Å². The third kappa shape index (κ3) is 7.97. The van der Waals surface area contributed by atoms with E-state index < -0.39 is 110 Å². The zero-order valence-electron chi connectivity index (χ0n) is 35.6. The first-order valence-electron chi connectivity index (χ1n) is 21.4. The van der Waals surface area contributed by atoms with Gasteiger partial charge in [0.1, 0.15) is 61.2 Å². The van der Waals surface area contributed by atoms with E-state index in [1.807, 2.05) is 6.92 Å². The van der Waals surface area contributed by atoms with Crippen LogP contribution in [0, 0.1) is 28.6 Å². The molecule has 2 saturated heterocycles. The minimum atomic E-state index is -1.89. The summed E-state index contributed by atoms with van der Waals surface area (Å²) in [5.74, 6) is -1.58. The maximum absolute atomic E-state index is 12.7. The van der Waals surface area contributed by atoms with Gasteiger partial charge in [0.2, 0.25) is 5.75 Å². The predicted octanol–water partition coefficient (Wildman–Crippen LogP) is 0.237. The highest BCUT2D eigenvalue weighted by Gasteiger charge is 2.70. The standard InChI is InChI=1S/C44H62O18/c1-20(46)26-17-31(47)44(55)25-8-7-22-16-23(10-12-42(22,2)24(25)11-13-43(26,44)3)59-41-39(37(53)34(50)29(18-45)60-41)62-40-38(54)36(52)35(51)30(61-40)19-58-32(48)9-6-21-14-27(56-4)33(49)28(15-21)57-5/h6-7,9,14-15,23-26,29-31,34-41,45,47,49-55H,8,10-13,16-19H2,1-5H3/b9-6-/t23?,24?,25?,26?,29-,30-,31?,34-,35-,36-,37-,38-,39-,40+,41-,42?,43?,44?/m1/s1. The molecule has 1 aromatic rings. The highest BCUT2D eigenvalue weighted by atomic mass is 16.8. The summed E-state index contributed by atoms with van der Waals surface area (Å²) in [5, 5.41) is 98.6. The summed E-state index contributed by atoms with van der Waals surface area (Å²) in [5.41, 5.74) is -0.994. The number of esters is 1. The number of phenolic OH excluding ortho intramolecular Hbond substituents is 1. The van der Waals surface area contributed by atoms with Gasteiger partial charge < -0.3 is 79.1 Å². The average molecular weight is 879 g/mol. The Morgan fingerprint density at radius 3 is 2.16 bits per heavy atom. The number of benzene rings is 1. The lowest BCUT2D eigenvalue weighted by Crippen LogP contribution is -2.65. The molecule has 0 bridgehead atoms. The molecule has 18 nitrogen and oxygen atoms in total. The summed E-state index contributed by atoms with van der Waals surface area (Å²) < 4.78 is 39.7. The molecule has 18 heteroatoms. The number of aromatic hydroxyl groups is 1. The van der Waals surface area contributed by atoms with Gasteiger partial charge in [0.15, 0.2) is 24.1 Å². The Bertz CT molecular complexity index is 1850. The zero-order valence-corrected chi connectivity index (χ0v) is 35.6. The monoisotopic (exact) mass is 878 g/mol. The van der Waals surface area contributed by atoms with Crippen LogP contribution in [0.1, 0.15) is 71.3 Å². The van der Waals surface area contributed by atoms with E-state index in [4.69, 9.17) is 33.2 Å². The van der Waals surface area contributed by atoms with Crippen molar-refractivity contribution in [1.29, 1.82) is 0 Å². The molecule has 18 atom stereocenters. The number of aliphatic hydroxyl groups excluding tert-OH is 7. The van der Waals surface area contributed by atoms with E-state index in [1.54, 1.807) is 0 Å². The number of phenols is 1. The fraction of sp³-hybridized carbons (Fsp3) is 0.727. The molecule has 3 saturated carbocycles. The number of carbonyl (C=O) groups is 2. The predicted molar refractivity (Wildman–Crippen MR) is 214 cm³/mol. The Kier molecular flexibility index (Phi) is 13.5. The van der Waals surface area contributed by atoms with Crippen LogP contribution >= 0.6 is 0 Å². The molecule has 2 aliphatic heterocycles. The molecule has 0 radical (unpaired) electrons. The first-order chi connectivity index (χ1) is 29.3. The quantitative estimate of drug-likeness (QED) is 0.0772. The van der Waals surface area contributed by atoms with E-state index in [0.29, 0.717) is 37.7 Å². The second-order valence-corrected chi connectivity index (χ2v) is 18.4. The van der Waals surface area contributed by atoms with Gasteiger partial charge in [-0.15, -0.1) is 0 Å². The van der Waals surface area contributed by atoms with Crippen molar-refractivity contribution in [3.05, 3.63) is 35.4 Å².